The molecule has 0 heterocycles. The van der Waals surface area contributed by atoms with E-state index in [2.05, 4.69) is 0 Å². The van der Waals surface area contributed by atoms with E-state index in [1.54, 1.807) is 0 Å². The summed E-state index contributed by atoms with van der Waals surface area (Å²) in [6.07, 6.45) is -6.28. The van der Waals surface area contributed by atoms with E-state index in [0.29, 0.717) is 0 Å². The molecule has 1 nitrogen and oxygen atoms in total. The van der Waals surface area contributed by atoms with Crippen molar-refractivity contribution in [1.82, 2.24) is 0 Å². The van der Waals surface area contributed by atoms with Gasteiger partial charge < -0.3 is 5.11 Å². The minimum absolute atomic E-state index is 0.892. The van der Waals surface area contributed by atoms with E-state index in [9.17, 15) is 31.4 Å². The van der Waals surface area contributed by atoms with Crippen molar-refractivity contribution in [2.24, 2.45) is 5.41 Å². The number of rotatable bonds is 5. The molecular weight excluding hydrogens is 226 g/mol. The second-order valence-corrected chi connectivity index (χ2v) is 3.39. The zero-order valence-electron chi connectivity index (χ0n) is 8.04. The van der Waals surface area contributed by atoms with Crippen LogP contribution in [0.2, 0.25) is 0 Å². The van der Waals surface area contributed by atoms with Crippen LogP contribution in [-0.4, -0.2) is 36.9 Å². The van der Waals surface area contributed by atoms with E-state index in [-0.39, 0.29) is 0 Å². The average Bonchev–Trinajstić information content (AvgIpc) is 2.19. The SMILES string of the molecule is CCC(O)(C(F)(F)F)C(CF)(CF)CF. The molecule has 0 aromatic rings. The van der Waals surface area contributed by atoms with Crippen LogP contribution in [0.1, 0.15) is 13.3 Å². The van der Waals surface area contributed by atoms with Crippen LogP contribution in [0.5, 0.6) is 0 Å². The van der Waals surface area contributed by atoms with Gasteiger partial charge in [-0.05, 0) is 6.42 Å². The van der Waals surface area contributed by atoms with Crippen LogP contribution < -0.4 is 0 Å². The Kier molecular flexibility index (Phi) is 4.45. The van der Waals surface area contributed by atoms with Crippen molar-refractivity contribution >= 4 is 0 Å². The van der Waals surface area contributed by atoms with Gasteiger partial charge in [-0.1, -0.05) is 6.92 Å². The standard InChI is InChI=1S/C8H12F6O/c1-2-7(15,8(12,13)14)6(3-9,4-10)5-11/h15H,2-5H2,1H3. The predicted molar refractivity (Wildman–Crippen MR) is 41.7 cm³/mol. The van der Waals surface area contributed by atoms with Gasteiger partial charge in [0.05, 0.1) is 5.41 Å². The summed E-state index contributed by atoms with van der Waals surface area (Å²) in [5.41, 5.74) is -6.74. The summed E-state index contributed by atoms with van der Waals surface area (Å²) >= 11 is 0. The summed E-state index contributed by atoms with van der Waals surface area (Å²) in [6.45, 7) is -4.85. The molecule has 0 rings (SSSR count). The van der Waals surface area contributed by atoms with E-state index in [1.165, 1.54) is 0 Å². The quantitative estimate of drug-likeness (QED) is 0.730. The molecule has 0 spiro atoms. The van der Waals surface area contributed by atoms with Gasteiger partial charge in [0.2, 0.25) is 0 Å². The Morgan fingerprint density at radius 2 is 1.27 bits per heavy atom. The van der Waals surface area contributed by atoms with E-state index >= 15 is 0 Å². The lowest BCUT2D eigenvalue weighted by Crippen LogP contribution is -2.61. The van der Waals surface area contributed by atoms with Crippen LogP contribution in [0, 0.1) is 5.41 Å². The molecule has 0 saturated carbocycles. The van der Waals surface area contributed by atoms with Gasteiger partial charge in [0.1, 0.15) is 20.0 Å². The van der Waals surface area contributed by atoms with Gasteiger partial charge in [0.15, 0.2) is 5.60 Å². The zero-order valence-corrected chi connectivity index (χ0v) is 8.04. The lowest BCUT2D eigenvalue weighted by Gasteiger charge is -2.42. The summed E-state index contributed by atoms with van der Waals surface area (Å²) in [6, 6.07) is 0. The third-order valence-corrected chi connectivity index (χ3v) is 2.63. The summed E-state index contributed by atoms with van der Waals surface area (Å²) in [7, 11) is 0. The highest BCUT2D eigenvalue weighted by atomic mass is 19.4. The third-order valence-electron chi connectivity index (χ3n) is 2.63. The van der Waals surface area contributed by atoms with Gasteiger partial charge in [-0.25, -0.2) is 0 Å². The molecule has 0 saturated heterocycles. The molecule has 0 aromatic carbocycles. The molecular formula is C8H12F6O. The van der Waals surface area contributed by atoms with Gasteiger partial charge in [0.25, 0.3) is 0 Å². The van der Waals surface area contributed by atoms with Crippen LogP contribution in [0.3, 0.4) is 0 Å². The van der Waals surface area contributed by atoms with Crippen molar-refractivity contribution in [3.8, 4) is 0 Å². The lowest BCUT2D eigenvalue weighted by atomic mass is 9.72. The van der Waals surface area contributed by atoms with E-state index in [4.69, 9.17) is 0 Å². The monoisotopic (exact) mass is 238 g/mol. The van der Waals surface area contributed by atoms with E-state index in [1.807, 2.05) is 0 Å². The van der Waals surface area contributed by atoms with Gasteiger partial charge >= 0.3 is 6.18 Å². The zero-order chi connectivity index (χ0) is 12.3. The molecule has 1 unspecified atom stereocenters. The predicted octanol–water partition coefficient (Wildman–Crippen LogP) is 2.58. The minimum Gasteiger partial charge on any atom is -0.380 e. The summed E-state index contributed by atoms with van der Waals surface area (Å²) in [4.78, 5) is 0. The minimum atomic E-state index is -5.27. The molecule has 0 fully saturated rings. The first-order chi connectivity index (χ1) is 6.74. The van der Waals surface area contributed by atoms with Crippen molar-refractivity contribution < 1.29 is 31.4 Å². The first kappa shape index (κ1) is 14.5. The molecule has 92 valence electrons. The first-order valence-corrected chi connectivity index (χ1v) is 4.21. The highest BCUT2D eigenvalue weighted by Gasteiger charge is 2.65. The molecule has 0 amide bonds. The molecule has 7 heteroatoms. The highest BCUT2D eigenvalue weighted by Crippen LogP contribution is 2.47. The molecule has 0 aromatic heterocycles. The third kappa shape index (κ3) is 2.07. The molecule has 0 aliphatic heterocycles. The fourth-order valence-electron chi connectivity index (χ4n) is 1.31. The fourth-order valence-corrected chi connectivity index (χ4v) is 1.31. The lowest BCUT2D eigenvalue weighted by molar-refractivity contribution is -0.310. The molecule has 1 N–H and O–H groups in total. The Morgan fingerprint density at radius 3 is 1.33 bits per heavy atom. The van der Waals surface area contributed by atoms with E-state index in [0.717, 1.165) is 6.92 Å². The normalized spacial score (nSPS) is 17.6. The van der Waals surface area contributed by atoms with Gasteiger partial charge in [-0.2, -0.15) is 13.2 Å². The van der Waals surface area contributed by atoms with Crippen molar-refractivity contribution in [2.75, 3.05) is 20.0 Å². The van der Waals surface area contributed by atoms with Crippen LogP contribution in [0.4, 0.5) is 26.3 Å². The number of aliphatic hydroxyl groups is 1. The second-order valence-electron chi connectivity index (χ2n) is 3.39. The number of halogens is 6. The summed E-state index contributed by atoms with van der Waals surface area (Å²) in [5.74, 6) is 0. The highest BCUT2D eigenvalue weighted by molar-refractivity contribution is 5.02. The first-order valence-electron chi connectivity index (χ1n) is 4.21. The largest absolute Gasteiger partial charge is 0.418 e. The van der Waals surface area contributed by atoms with Crippen LogP contribution in [0.15, 0.2) is 0 Å². The fraction of sp³-hybridized carbons (Fsp3) is 1.00. The van der Waals surface area contributed by atoms with Gasteiger partial charge in [-0.15, -0.1) is 0 Å². The molecule has 0 aliphatic rings. The van der Waals surface area contributed by atoms with Crippen molar-refractivity contribution in [1.29, 1.82) is 0 Å². The average molecular weight is 238 g/mol. The Hall–Kier alpha value is -0.460. The Morgan fingerprint density at radius 1 is 0.933 bits per heavy atom. The second kappa shape index (κ2) is 4.59. The maximum Gasteiger partial charge on any atom is 0.418 e. The summed E-state index contributed by atoms with van der Waals surface area (Å²) < 4.78 is 74.4. The van der Waals surface area contributed by atoms with Crippen molar-refractivity contribution in [2.45, 2.75) is 25.1 Å². The van der Waals surface area contributed by atoms with Crippen molar-refractivity contribution in [3.05, 3.63) is 0 Å². The molecule has 0 bridgehead atoms. The molecule has 0 aliphatic carbocycles. The van der Waals surface area contributed by atoms with Crippen LogP contribution in [-0.2, 0) is 0 Å². The number of hydrogen-bond acceptors (Lipinski definition) is 1. The van der Waals surface area contributed by atoms with Crippen LogP contribution >= 0.6 is 0 Å². The van der Waals surface area contributed by atoms with Crippen molar-refractivity contribution in [3.63, 3.8) is 0 Å². The smallest absolute Gasteiger partial charge is 0.380 e. The topological polar surface area (TPSA) is 20.2 Å². The van der Waals surface area contributed by atoms with Gasteiger partial charge in [0, 0.05) is 0 Å². The number of hydrogen-bond donors (Lipinski definition) is 1. The van der Waals surface area contributed by atoms with E-state index < -0.39 is 43.6 Å². The Labute approximate surface area is 83.1 Å². The summed E-state index contributed by atoms with van der Waals surface area (Å²) in [5, 5.41) is 9.22. The maximum atomic E-state index is 12.4. The molecule has 15 heavy (non-hydrogen) atoms. The maximum absolute atomic E-state index is 12.4. The molecule has 0 radical (unpaired) electrons. The Bertz CT molecular complexity index is 192. The molecule has 1 atom stereocenters. The Balaban J connectivity index is 5.41. The number of alkyl halides is 6. The van der Waals surface area contributed by atoms with Gasteiger partial charge in [-0.3, -0.25) is 13.2 Å². The van der Waals surface area contributed by atoms with Crippen LogP contribution in [0.25, 0.3) is 0 Å².